The maximum Gasteiger partial charge on any atom is 0.134 e. The maximum atomic E-state index is 4.68. The van der Waals surface area contributed by atoms with E-state index in [2.05, 4.69) is 42.1 Å². The van der Waals surface area contributed by atoms with Gasteiger partial charge in [0.05, 0.1) is 0 Å². The van der Waals surface area contributed by atoms with Gasteiger partial charge in [0.15, 0.2) is 0 Å². The van der Waals surface area contributed by atoms with Crippen LogP contribution in [0.15, 0.2) is 6.07 Å². The fraction of sp³-hybridized carbons (Fsp3) is 0.667. The van der Waals surface area contributed by atoms with E-state index < -0.39 is 0 Å². The molecule has 1 aromatic heterocycles. The van der Waals surface area contributed by atoms with Crippen LogP contribution in [0.2, 0.25) is 0 Å². The van der Waals surface area contributed by atoms with Crippen LogP contribution in [0, 0.1) is 6.92 Å². The Morgan fingerprint density at radius 1 is 1.27 bits per heavy atom. The molecule has 0 atom stereocenters. The lowest BCUT2D eigenvalue weighted by atomic mass is 9.91. The van der Waals surface area contributed by atoms with Crippen molar-refractivity contribution in [2.45, 2.75) is 39.0 Å². The Hall–Kier alpha value is -0.960. The van der Waals surface area contributed by atoms with E-state index in [4.69, 9.17) is 0 Å². The summed E-state index contributed by atoms with van der Waals surface area (Å²) in [7, 11) is 0. The molecular formula is C12H19N3. The molecule has 0 unspecified atom stereocenters. The topological polar surface area (TPSA) is 37.8 Å². The van der Waals surface area contributed by atoms with E-state index in [1.54, 1.807) is 0 Å². The molecule has 0 spiro atoms. The average molecular weight is 205 g/mol. The normalized spacial score (nSPS) is 17.6. The first-order chi connectivity index (χ1) is 6.97. The van der Waals surface area contributed by atoms with Gasteiger partial charge >= 0.3 is 0 Å². The van der Waals surface area contributed by atoms with Crippen LogP contribution in [0.25, 0.3) is 0 Å². The molecule has 0 saturated carbocycles. The third kappa shape index (κ3) is 2.17. The summed E-state index contributed by atoms with van der Waals surface area (Å²) in [6.07, 6.45) is 0. The first kappa shape index (κ1) is 10.6. The van der Waals surface area contributed by atoms with Crippen molar-refractivity contribution in [3.63, 3.8) is 0 Å². The third-order valence-electron chi connectivity index (χ3n) is 2.79. The molecule has 1 aliphatic heterocycles. The van der Waals surface area contributed by atoms with E-state index in [-0.39, 0.29) is 5.41 Å². The smallest absolute Gasteiger partial charge is 0.134 e. The first-order valence-electron chi connectivity index (χ1n) is 5.53. The molecule has 82 valence electrons. The van der Waals surface area contributed by atoms with Gasteiger partial charge in [0.2, 0.25) is 0 Å². The van der Waals surface area contributed by atoms with Crippen LogP contribution in [0.3, 0.4) is 0 Å². The predicted molar refractivity (Wildman–Crippen MR) is 61.1 cm³/mol. The summed E-state index contributed by atoms with van der Waals surface area (Å²) < 4.78 is 0. The minimum atomic E-state index is 0.111. The van der Waals surface area contributed by atoms with Crippen molar-refractivity contribution in [3.8, 4) is 0 Å². The van der Waals surface area contributed by atoms with Gasteiger partial charge in [-0.3, -0.25) is 0 Å². The number of nitrogens with zero attached hydrogens (tertiary/aromatic N) is 2. The highest BCUT2D eigenvalue weighted by atomic mass is 15.0. The largest absolute Gasteiger partial charge is 0.315 e. The summed E-state index contributed by atoms with van der Waals surface area (Å²) in [5.74, 6) is 1.53. The van der Waals surface area contributed by atoms with Gasteiger partial charge in [0, 0.05) is 35.8 Å². The van der Waals surface area contributed by atoms with Crippen molar-refractivity contribution < 1.29 is 0 Å². The summed E-state index contributed by atoms with van der Waals surface area (Å²) in [4.78, 5) is 9.19. The molecule has 0 radical (unpaired) electrons. The lowest BCUT2D eigenvalue weighted by Gasteiger charge is -2.27. The standard InChI is InChI=1S/C12H19N3/c1-8-5-10(12(2,3)4)15-11(14-8)9-6-13-7-9/h5,9,13H,6-7H2,1-4H3. The molecule has 0 bridgehead atoms. The highest BCUT2D eigenvalue weighted by Crippen LogP contribution is 2.23. The Morgan fingerprint density at radius 3 is 2.40 bits per heavy atom. The second-order valence-corrected chi connectivity index (χ2v) is 5.36. The van der Waals surface area contributed by atoms with Crippen LogP contribution in [-0.4, -0.2) is 23.1 Å². The molecule has 1 aliphatic rings. The van der Waals surface area contributed by atoms with Crippen LogP contribution >= 0.6 is 0 Å². The minimum Gasteiger partial charge on any atom is -0.315 e. The molecule has 1 aromatic rings. The van der Waals surface area contributed by atoms with Gasteiger partial charge in [-0.15, -0.1) is 0 Å². The third-order valence-corrected chi connectivity index (χ3v) is 2.79. The fourth-order valence-corrected chi connectivity index (χ4v) is 1.63. The zero-order valence-electron chi connectivity index (χ0n) is 9.96. The number of nitrogens with one attached hydrogen (secondary N) is 1. The molecule has 1 fully saturated rings. The average Bonchev–Trinajstić information content (AvgIpc) is 1.97. The van der Waals surface area contributed by atoms with Crippen molar-refractivity contribution in [1.82, 2.24) is 15.3 Å². The molecular weight excluding hydrogens is 186 g/mol. The Balaban J connectivity index is 2.36. The van der Waals surface area contributed by atoms with Crippen molar-refractivity contribution in [3.05, 3.63) is 23.3 Å². The van der Waals surface area contributed by atoms with Crippen molar-refractivity contribution >= 4 is 0 Å². The molecule has 0 amide bonds. The molecule has 15 heavy (non-hydrogen) atoms. The number of hydrogen-bond donors (Lipinski definition) is 1. The van der Waals surface area contributed by atoms with Gasteiger partial charge in [-0.1, -0.05) is 20.8 Å². The molecule has 0 aliphatic carbocycles. The predicted octanol–water partition coefficient (Wildman–Crippen LogP) is 1.77. The van der Waals surface area contributed by atoms with Crippen LogP contribution in [0.5, 0.6) is 0 Å². The zero-order chi connectivity index (χ0) is 11.1. The first-order valence-corrected chi connectivity index (χ1v) is 5.53. The van der Waals surface area contributed by atoms with Gasteiger partial charge in [0.25, 0.3) is 0 Å². The van der Waals surface area contributed by atoms with Gasteiger partial charge < -0.3 is 5.32 Å². The van der Waals surface area contributed by atoms with E-state index in [0.717, 1.165) is 30.3 Å². The number of hydrogen-bond acceptors (Lipinski definition) is 3. The Morgan fingerprint density at radius 2 is 1.93 bits per heavy atom. The highest BCUT2D eigenvalue weighted by molar-refractivity contribution is 5.19. The molecule has 1 saturated heterocycles. The van der Waals surface area contributed by atoms with Gasteiger partial charge in [0.1, 0.15) is 5.82 Å². The monoisotopic (exact) mass is 205 g/mol. The highest BCUT2D eigenvalue weighted by Gasteiger charge is 2.24. The molecule has 2 rings (SSSR count). The summed E-state index contributed by atoms with van der Waals surface area (Å²) in [6.45, 7) is 10.7. The quantitative estimate of drug-likeness (QED) is 0.759. The SMILES string of the molecule is Cc1cc(C(C)(C)C)nc(C2CNC2)n1. The van der Waals surface area contributed by atoms with Gasteiger partial charge in [-0.2, -0.15) is 0 Å². The summed E-state index contributed by atoms with van der Waals surface area (Å²) >= 11 is 0. The minimum absolute atomic E-state index is 0.111. The van der Waals surface area contributed by atoms with E-state index in [1.807, 2.05) is 6.92 Å². The van der Waals surface area contributed by atoms with E-state index >= 15 is 0 Å². The maximum absolute atomic E-state index is 4.68. The van der Waals surface area contributed by atoms with Crippen molar-refractivity contribution in [1.29, 1.82) is 0 Å². The van der Waals surface area contributed by atoms with E-state index in [1.165, 1.54) is 0 Å². The van der Waals surface area contributed by atoms with Gasteiger partial charge in [-0.25, -0.2) is 9.97 Å². The fourth-order valence-electron chi connectivity index (χ4n) is 1.63. The summed E-state index contributed by atoms with van der Waals surface area (Å²) in [5.41, 5.74) is 2.34. The molecule has 2 heterocycles. The summed E-state index contributed by atoms with van der Waals surface area (Å²) in [5, 5.41) is 3.26. The zero-order valence-corrected chi connectivity index (χ0v) is 9.96. The number of aromatic nitrogens is 2. The van der Waals surface area contributed by atoms with E-state index in [9.17, 15) is 0 Å². The van der Waals surface area contributed by atoms with Crippen LogP contribution in [0.4, 0.5) is 0 Å². The molecule has 1 N–H and O–H groups in total. The number of aryl methyl sites for hydroxylation is 1. The Kier molecular flexibility index (Phi) is 2.51. The molecule has 0 aromatic carbocycles. The second-order valence-electron chi connectivity index (χ2n) is 5.36. The molecule has 3 nitrogen and oxygen atoms in total. The van der Waals surface area contributed by atoms with Crippen LogP contribution in [0.1, 0.15) is 43.9 Å². The summed E-state index contributed by atoms with van der Waals surface area (Å²) in [6, 6.07) is 2.09. The lowest BCUT2D eigenvalue weighted by Crippen LogP contribution is -2.41. The van der Waals surface area contributed by atoms with E-state index in [0.29, 0.717) is 5.92 Å². The second kappa shape index (κ2) is 3.56. The van der Waals surface area contributed by atoms with Gasteiger partial charge in [-0.05, 0) is 13.0 Å². The van der Waals surface area contributed by atoms with Crippen molar-refractivity contribution in [2.75, 3.05) is 13.1 Å². The van der Waals surface area contributed by atoms with Crippen LogP contribution < -0.4 is 5.32 Å². The van der Waals surface area contributed by atoms with Crippen molar-refractivity contribution in [2.24, 2.45) is 0 Å². The van der Waals surface area contributed by atoms with Crippen LogP contribution in [-0.2, 0) is 5.41 Å². The Bertz CT molecular complexity index is 362. The lowest BCUT2D eigenvalue weighted by molar-refractivity contribution is 0.424. The molecule has 3 heteroatoms. The number of rotatable bonds is 1. The Labute approximate surface area is 91.3 Å².